The Hall–Kier alpha value is -3.92. The van der Waals surface area contributed by atoms with E-state index in [1.165, 1.54) is 11.8 Å². The molecule has 9 nitrogen and oxygen atoms in total. The summed E-state index contributed by atoms with van der Waals surface area (Å²) < 4.78 is 12.5. The molecule has 0 bridgehead atoms. The third kappa shape index (κ3) is 5.12. The van der Waals surface area contributed by atoms with Crippen LogP contribution in [0.1, 0.15) is 38.7 Å². The minimum Gasteiger partial charge on any atom is -0.454 e. The number of benzene rings is 2. The lowest BCUT2D eigenvalue weighted by Crippen LogP contribution is -2.24. The fourth-order valence-corrected chi connectivity index (χ4v) is 4.65. The molecular formula is C25H24N6O3S. The van der Waals surface area contributed by atoms with E-state index in [1.807, 2.05) is 69.3 Å². The first kappa shape index (κ1) is 22.9. The van der Waals surface area contributed by atoms with Gasteiger partial charge in [-0.1, -0.05) is 40.7 Å². The summed E-state index contributed by atoms with van der Waals surface area (Å²) in [5.41, 5.74) is 5.59. The third-order valence-electron chi connectivity index (χ3n) is 5.45. The topological polar surface area (TPSA) is 104 Å². The molecule has 0 aliphatic carbocycles. The molecule has 10 heteroatoms. The molecule has 1 N–H and O–H groups in total. The molecule has 0 saturated carbocycles. The number of thioether (sulfide) groups is 1. The van der Waals surface area contributed by atoms with Crippen molar-refractivity contribution in [3.63, 3.8) is 0 Å². The largest absolute Gasteiger partial charge is 0.454 e. The van der Waals surface area contributed by atoms with E-state index >= 15 is 0 Å². The predicted octanol–water partition coefficient (Wildman–Crippen LogP) is 3.93. The first-order valence-corrected chi connectivity index (χ1v) is 12.1. The number of ether oxygens (including phenoxy) is 2. The van der Waals surface area contributed by atoms with Crippen LogP contribution in [0.2, 0.25) is 0 Å². The van der Waals surface area contributed by atoms with Crippen LogP contribution in [-0.2, 0) is 12.3 Å². The molecule has 0 fully saturated rings. The molecule has 0 radical (unpaired) electrons. The fraction of sp³-hybridized carbons (Fsp3) is 0.240. The van der Waals surface area contributed by atoms with Crippen LogP contribution in [0.4, 0.5) is 0 Å². The molecule has 0 atom stereocenters. The average molecular weight is 489 g/mol. The van der Waals surface area contributed by atoms with E-state index in [-0.39, 0.29) is 18.4 Å². The van der Waals surface area contributed by atoms with E-state index in [9.17, 15) is 4.79 Å². The van der Waals surface area contributed by atoms with Gasteiger partial charge in [0.25, 0.3) is 5.91 Å². The first-order valence-electron chi connectivity index (χ1n) is 11.1. The second-order valence-corrected chi connectivity index (χ2v) is 9.17. The number of hydrogen-bond acceptors (Lipinski definition) is 8. The van der Waals surface area contributed by atoms with E-state index in [4.69, 9.17) is 9.47 Å². The van der Waals surface area contributed by atoms with Gasteiger partial charge in [0.05, 0.1) is 11.4 Å². The van der Waals surface area contributed by atoms with Gasteiger partial charge in [-0.25, -0.2) is 14.6 Å². The Morgan fingerprint density at radius 3 is 2.51 bits per heavy atom. The predicted molar refractivity (Wildman–Crippen MR) is 131 cm³/mol. The van der Waals surface area contributed by atoms with Gasteiger partial charge in [-0.2, -0.15) is 0 Å². The maximum atomic E-state index is 13.2. The quantitative estimate of drug-likeness (QED) is 0.308. The highest BCUT2D eigenvalue weighted by Crippen LogP contribution is 2.32. The second-order valence-electron chi connectivity index (χ2n) is 8.22. The van der Waals surface area contributed by atoms with Gasteiger partial charge < -0.3 is 14.8 Å². The summed E-state index contributed by atoms with van der Waals surface area (Å²) in [5.74, 6) is 1.50. The normalized spacial score (nSPS) is 12.1. The molecule has 3 heterocycles. The highest BCUT2D eigenvalue weighted by atomic mass is 32.2. The summed E-state index contributed by atoms with van der Waals surface area (Å²) in [7, 11) is 0. The van der Waals surface area contributed by atoms with Crippen molar-refractivity contribution in [2.24, 2.45) is 0 Å². The van der Waals surface area contributed by atoms with Crippen LogP contribution in [0, 0.1) is 20.8 Å². The zero-order chi connectivity index (χ0) is 24.4. The summed E-state index contributed by atoms with van der Waals surface area (Å²) in [5, 5.41) is 12.1. The van der Waals surface area contributed by atoms with Crippen molar-refractivity contribution in [2.45, 2.75) is 38.2 Å². The molecule has 2 aromatic carbocycles. The number of aromatic nitrogens is 5. The zero-order valence-corrected chi connectivity index (χ0v) is 20.4. The maximum absolute atomic E-state index is 13.2. The van der Waals surface area contributed by atoms with Gasteiger partial charge in [-0.15, -0.1) is 5.10 Å². The number of fused-ring (bicyclic) bond motifs is 1. The molecule has 5 rings (SSSR count). The smallest absolute Gasteiger partial charge is 0.274 e. The van der Waals surface area contributed by atoms with Gasteiger partial charge >= 0.3 is 0 Å². The Kier molecular flexibility index (Phi) is 6.37. The van der Waals surface area contributed by atoms with Crippen LogP contribution in [0.3, 0.4) is 0 Å². The average Bonchev–Trinajstić information content (AvgIpc) is 3.48. The van der Waals surface area contributed by atoms with Crippen LogP contribution in [-0.4, -0.2) is 37.7 Å². The van der Waals surface area contributed by atoms with Crippen molar-refractivity contribution < 1.29 is 14.3 Å². The highest BCUT2D eigenvalue weighted by Gasteiger charge is 2.22. The lowest BCUT2D eigenvalue weighted by atomic mass is 10.2. The maximum Gasteiger partial charge on any atom is 0.274 e. The molecular weight excluding hydrogens is 464 g/mol. The van der Waals surface area contributed by atoms with Crippen molar-refractivity contribution in [3.8, 4) is 17.2 Å². The van der Waals surface area contributed by atoms with Crippen LogP contribution in [0.25, 0.3) is 5.69 Å². The summed E-state index contributed by atoms with van der Waals surface area (Å²) in [6.07, 6.45) is 0. The number of aryl methyl sites for hydroxylation is 3. The van der Waals surface area contributed by atoms with Crippen LogP contribution >= 0.6 is 11.8 Å². The Morgan fingerprint density at radius 2 is 1.74 bits per heavy atom. The monoisotopic (exact) mass is 488 g/mol. The van der Waals surface area contributed by atoms with Gasteiger partial charge in [0.15, 0.2) is 22.3 Å². The van der Waals surface area contributed by atoms with Crippen molar-refractivity contribution in [1.82, 2.24) is 30.3 Å². The molecule has 1 aliphatic rings. The molecule has 2 aromatic heterocycles. The lowest BCUT2D eigenvalue weighted by molar-refractivity contribution is 0.0945. The fourth-order valence-electron chi connectivity index (χ4n) is 3.71. The van der Waals surface area contributed by atoms with E-state index in [2.05, 4.69) is 25.6 Å². The van der Waals surface area contributed by atoms with Crippen molar-refractivity contribution in [2.75, 3.05) is 6.79 Å². The van der Waals surface area contributed by atoms with Crippen molar-refractivity contribution in [3.05, 3.63) is 82.4 Å². The number of hydrogen-bond donors (Lipinski definition) is 1. The number of nitrogens with one attached hydrogen (secondary N) is 1. The molecule has 1 aliphatic heterocycles. The number of nitrogens with zero attached hydrogens (tertiary/aromatic N) is 5. The van der Waals surface area contributed by atoms with Gasteiger partial charge in [0.1, 0.15) is 0 Å². The number of rotatable bonds is 7. The Bertz CT molecular complexity index is 1370. The van der Waals surface area contributed by atoms with Crippen LogP contribution < -0.4 is 14.8 Å². The molecule has 0 saturated heterocycles. The standard InChI is InChI=1S/C25H24N6O3S/c1-15-4-7-19(8-5-15)31-20(13-35-25-27-16(2)10-17(3)28-25)23(29-30-31)24(32)26-12-18-6-9-21-22(11-18)34-14-33-21/h4-11H,12-14H2,1-3H3,(H,26,32). The molecule has 35 heavy (non-hydrogen) atoms. The Morgan fingerprint density at radius 1 is 1.00 bits per heavy atom. The van der Waals surface area contributed by atoms with Crippen LogP contribution in [0.15, 0.2) is 53.7 Å². The lowest BCUT2D eigenvalue weighted by Gasteiger charge is -2.09. The van der Waals surface area contributed by atoms with Crippen LogP contribution in [0.5, 0.6) is 11.5 Å². The van der Waals surface area contributed by atoms with Crippen molar-refractivity contribution in [1.29, 1.82) is 0 Å². The minimum absolute atomic E-state index is 0.207. The Balaban J connectivity index is 1.39. The SMILES string of the molecule is Cc1ccc(-n2nnc(C(=O)NCc3ccc4c(c3)OCO4)c2CSc2nc(C)cc(C)n2)cc1. The van der Waals surface area contributed by atoms with E-state index in [0.29, 0.717) is 34.6 Å². The van der Waals surface area contributed by atoms with Gasteiger partial charge in [-0.3, -0.25) is 4.79 Å². The third-order valence-corrected chi connectivity index (χ3v) is 6.31. The number of amides is 1. The minimum atomic E-state index is -0.307. The van der Waals surface area contributed by atoms with E-state index < -0.39 is 0 Å². The van der Waals surface area contributed by atoms with E-state index in [1.54, 1.807) is 4.68 Å². The number of carbonyl (C=O) groups excluding carboxylic acids is 1. The first-order chi connectivity index (χ1) is 17.0. The molecule has 1 amide bonds. The molecule has 0 spiro atoms. The summed E-state index contributed by atoms with van der Waals surface area (Å²) in [4.78, 5) is 22.2. The zero-order valence-electron chi connectivity index (χ0n) is 19.6. The molecule has 178 valence electrons. The number of carbonyl (C=O) groups is 1. The molecule has 4 aromatic rings. The van der Waals surface area contributed by atoms with Crippen molar-refractivity contribution >= 4 is 17.7 Å². The summed E-state index contributed by atoms with van der Waals surface area (Å²) >= 11 is 1.44. The van der Waals surface area contributed by atoms with Gasteiger partial charge in [0.2, 0.25) is 6.79 Å². The summed E-state index contributed by atoms with van der Waals surface area (Å²) in [6.45, 7) is 6.42. The summed E-state index contributed by atoms with van der Waals surface area (Å²) in [6, 6.07) is 15.4. The second kappa shape index (κ2) is 9.75. The van der Waals surface area contributed by atoms with Gasteiger partial charge in [0, 0.05) is 23.7 Å². The van der Waals surface area contributed by atoms with E-state index in [0.717, 1.165) is 28.2 Å². The highest BCUT2D eigenvalue weighted by molar-refractivity contribution is 7.98. The molecule has 0 unspecified atom stereocenters. The Labute approximate surface area is 206 Å². The van der Waals surface area contributed by atoms with Gasteiger partial charge in [-0.05, 0) is 56.7 Å².